The van der Waals surface area contributed by atoms with Crippen LogP contribution in [0.4, 0.5) is 0 Å². The summed E-state index contributed by atoms with van der Waals surface area (Å²) >= 11 is 0. The van der Waals surface area contributed by atoms with Crippen LogP contribution in [0, 0.1) is 0 Å². The zero-order valence-corrected chi connectivity index (χ0v) is 71.1. The molecule has 23 rings (SSSR count). The van der Waals surface area contributed by atoms with Crippen molar-refractivity contribution >= 4 is 21.9 Å². The Labute approximate surface area is 753 Å². The number of hydrogen-bond acceptors (Lipinski definition) is 11. The van der Waals surface area contributed by atoms with Gasteiger partial charge in [0.15, 0.2) is 46.6 Å². The maximum atomic E-state index is 6.24. The van der Waals surface area contributed by atoms with Crippen molar-refractivity contribution in [2.24, 2.45) is 0 Å². The summed E-state index contributed by atoms with van der Waals surface area (Å²) in [5.41, 5.74) is 32.7. The van der Waals surface area contributed by atoms with Crippen molar-refractivity contribution in [2.75, 3.05) is 0 Å². The second-order valence-electron chi connectivity index (χ2n) is 33.0. The van der Waals surface area contributed by atoms with Crippen molar-refractivity contribution in [1.29, 1.82) is 0 Å². The predicted molar refractivity (Wildman–Crippen MR) is 528 cm³/mol. The molecule has 0 fully saturated rings. The predicted octanol–water partition coefficient (Wildman–Crippen LogP) is 29.9. The van der Waals surface area contributed by atoms with Crippen molar-refractivity contribution in [2.45, 2.75) is 19.3 Å². The Kier molecular flexibility index (Phi) is 20.8. The number of fused-ring (bicyclic) bond motifs is 6. The molecule has 5 aromatic heterocycles. The van der Waals surface area contributed by atoms with E-state index in [1.807, 2.05) is 127 Å². The third kappa shape index (κ3) is 16.0. The molecule has 0 radical (unpaired) electrons. The van der Waals surface area contributed by atoms with E-state index in [9.17, 15) is 0 Å². The summed E-state index contributed by atoms with van der Waals surface area (Å²) in [4.78, 5) is 51.0. The van der Waals surface area contributed by atoms with E-state index in [0.29, 0.717) is 46.6 Å². The standard InChI is InChI=1S/C61H41N5.C58H39N5O/c1-6-17-42(18-7-1)45-29-33-47(34-30-45)56-41-57(63-58(62-56)48-23-12-4-13-24-48)52-28-16-27-51(37-52)46-31-35-50(36-32-46)60-64-59(49-25-14-5-15-26-49)65-61(66-60)55-39-53(43-19-8-2-9-20-43)38-54(40-55)44-21-10-3-11-22-44;1-58(2)48-22-11-9-20-44(48)47-33-42(29-31-49(47)58)56-59-50(37-14-5-3-6-15-37)35-51(60-56)41-19-13-18-40(32-41)36-24-26-39(27-25-36)55-61-54(38-16-7-4-8-17-38)62-57(63-55)43-28-30-46-45-21-10-12-23-52(45)64-53(46)34-43/h1-41H;3-35H,1-2H3. The molecular formula is C119H80N10O. The van der Waals surface area contributed by atoms with Crippen LogP contribution < -0.4 is 0 Å². The van der Waals surface area contributed by atoms with Crippen LogP contribution in [0.1, 0.15) is 25.0 Å². The van der Waals surface area contributed by atoms with Crippen LogP contribution in [0.5, 0.6) is 0 Å². The molecule has 612 valence electrons. The maximum Gasteiger partial charge on any atom is 0.164 e. The lowest BCUT2D eigenvalue weighted by Gasteiger charge is -2.21. The second kappa shape index (κ2) is 34.3. The van der Waals surface area contributed by atoms with E-state index in [-0.39, 0.29) is 5.41 Å². The van der Waals surface area contributed by atoms with Gasteiger partial charge in [0.1, 0.15) is 11.2 Å². The number of aromatic nitrogens is 10. The summed E-state index contributed by atoms with van der Waals surface area (Å²) in [6.45, 7) is 4.61. The van der Waals surface area contributed by atoms with Gasteiger partial charge in [-0.3, -0.25) is 0 Å². The summed E-state index contributed by atoms with van der Waals surface area (Å²) in [7, 11) is 0. The molecule has 22 aromatic rings. The van der Waals surface area contributed by atoms with Gasteiger partial charge in [0.25, 0.3) is 0 Å². The van der Waals surface area contributed by atoms with Crippen LogP contribution in [0.15, 0.2) is 453 Å². The van der Waals surface area contributed by atoms with E-state index < -0.39 is 0 Å². The molecule has 0 saturated carbocycles. The summed E-state index contributed by atoms with van der Waals surface area (Å²) in [5.74, 6) is 4.98. The Morgan fingerprint density at radius 3 is 0.900 bits per heavy atom. The van der Waals surface area contributed by atoms with Crippen LogP contribution in [-0.2, 0) is 5.41 Å². The van der Waals surface area contributed by atoms with Crippen molar-refractivity contribution in [3.63, 3.8) is 0 Å². The minimum absolute atomic E-state index is 0.0767. The molecule has 0 aliphatic heterocycles. The smallest absolute Gasteiger partial charge is 0.164 e. The zero-order valence-electron chi connectivity index (χ0n) is 71.1. The molecule has 0 atom stereocenters. The Balaban J connectivity index is 0.000000153. The third-order valence-corrected chi connectivity index (χ3v) is 24.3. The second-order valence-corrected chi connectivity index (χ2v) is 33.0. The molecule has 0 saturated heterocycles. The third-order valence-electron chi connectivity index (χ3n) is 24.3. The highest BCUT2D eigenvalue weighted by Crippen LogP contribution is 2.50. The van der Waals surface area contributed by atoms with Crippen LogP contribution in [0.25, 0.3) is 225 Å². The number of benzene rings is 17. The van der Waals surface area contributed by atoms with E-state index in [2.05, 4.69) is 335 Å². The molecule has 17 aromatic carbocycles. The SMILES string of the molecule is CC1(C)c2ccccc2-c2cc(-c3nc(-c4ccccc4)cc(-c4cccc(-c5ccc(-c6nc(-c7ccccc7)nc(-c7ccc8c(c7)oc7ccccc78)n6)cc5)c4)n3)ccc21.c1ccc(-c2ccc(-c3cc(-c4cccc(-c5ccc(-c6nc(-c7ccccc7)nc(-c7cc(-c8ccccc8)cc(-c8ccccc8)c7)n6)cc5)c4)nc(-c4ccccc4)n3)cc2)cc1. The van der Waals surface area contributed by atoms with Crippen molar-refractivity contribution in [1.82, 2.24) is 49.8 Å². The zero-order chi connectivity index (χ0) is 86.9. The van der Waals surface area contributed by atoms with Gasteiger partial charge in [-0.25, -0.2) is 49.8 Å². The molecule has 0 unspecified atom stereocenters. The number of furan rings is 1. The van der Waals surface area contributed by atoms with Crippen LogP contribution in [0.2, 0.25) is 0 Å². The molecular weight excluding hydrogens is 1590 g/mol. The van der Waals surface area contributed by atoms with Crippen LogP contribution in [-0.4, -0.2) is 49.8 Å². The first-order valence-electron chi connectivity index (χ1n) is 43.6. The fourth-order valence-electron chi connectivity index (χ4n) is 17.5. The van der Waals surface area contributed by atoms with Gasteiger partial charge in [-0.2, -0.15) is 0 Å². The lowest BCUT2D eigenvalue weighted by molar-refractivity contribution is 0.660. The largest absolute Gasteiger partial charge is 0.456 e. The highest BCUT2D eigenvalue weighted by molar-refractivity contribution is 6.06. The summed E-state index contributed by atoms with van der Waals surface area (Å²) in [5, 5.41) is 2.14. The molecule has 11 heteroatoms. The van der Waals surface area contributed by atoms with Crippen molar-refractivity contribution in [3.05, 3.63) is 460 Å². The van der Waals surface area contributed by atoms with Gasteiger partial charge < -0.3 is 4.42 Å². The molecule has 1 aliphatic carbocycles. The fraction of sp³-hybridized carbons (Fsp3) is 0.0252. The minimum atomic E-state index is -0.0767. The first-order chi connectivity index (χ1) is 64.1. The van der Waals surface area contributed by atoms with Gasteiger partial charge in [-0.15, -0.1) is 0 Å². The van der Waals surface area contributed by atoms with E-state index in [0.717, 1.165) is 162 Å². The fourth-order valence-corrected chi connectivity index (χ4v) is 17.5. The highest BCUT2D eigenvalue weighted by atomic mass is 16.3. The van der Waals surface area contributed by atoms with Gasteiger partial charge in [-0.05, 0) is 145 Å². The van der Waals surface area contributed by atoms with Gasteiger partial charge in [0, 0.05) is 82.9 Å². The number of para-hydroxylation sites is 1. The van der Waals surface area contributed by atoms with E-state index >= 15 is 0 Å². The number of hydrogen-bond donors (Lipinski definition) is 0. The van der Waals surface area contributed by atoms with E-state index in [1.165, 1.54) is 27.8 Å². The minimum Gasteiger partial charge on any atom is -0.456 e. The molecule has 0 amide bonds. The molecule has 11 nitrogen and oxygen atoms in total. The first kappa shape index (κ1) is 78.7. The van der Waals surface area contributed by atoms with Gasteiger partial charge in [0.05, 0.1) is 22.8 Å². The summed E-state index contributed by atoms with van der Waals surface area (Å²) in [6, 6.07) is 155. The average molecular weight is 1670 g/mol. The van der Waals surface area contributed by atoms with Gasteiger partial charge in [-0.1, -0.05) is 396 Å². The molecule has 1 aliphatic rings. The lowest BCUT2D eigenvalue weighted by Crippen LogP contribution is -2.14. The topological polar surface area (TPSA) is 142 Å². The van der Waals surface area contributed by atoms with Crippen LogP contribution in [0.3, 0.4) is 0 Å². The molecule has 0 bridgehead atoms. The first-order valence-corrected chi connectivity index (χ1v) is 43.6. The molecule has 130 heavy (non-hydrogen) atoms. The normalized spacial score (nSPS) is 11.8. The average Bonchev–Trinajstić information content (AvgIpc) is 1.58. The van der Waals surface area contributed by atoms with Crippen molar-refractivity contribution < 1.29 is 4.42 Å². The van der Waals surface area contributed by atoms with Crippen molar-refractivity contribution in [3.8, 4) is 203 Å². The molecule has 0 N–H and O–H groups in total. The van der Waals surface area contributed by atoms with Gasteiger partial charge in [0.2, 0.25) is 0 Å². The monoisotopic (exact) mass is 1660 g/mol. The quantitative estimate of drug-likeness (QED) is 0.0860. The molecule has 0 spiro atoms. The number of nitrogens with zero attached hydrogens (tertiary/aromatic N) is 10. The molecule has 5 heterocycles. The lowest BCUT2D eigenvalue weighted by atomic mass is 9.82. The Morgan fingerprint density at radius 2 is 0.423 bits per heavy atom. The Morgan fingerprint density at radius 1 is 0.154 bits per heavy atom. The Hall–Kier alpha value is -17.3. The van der Waals surface area contributed by atoms with E-state index in [1.54, 1.807) is 0 Å². The highest BCUT2D eigenvalue weighted by Gasteiger charge is 2.36. The summed E-state index contributed by atoms with van der Waals surface area (Å²) < 4.78 is 6.24. The number of rotatable bonds is 17. The van der Waals surface area contributed by atoms with E-state index in [4.69, 9.17) is 54.3 Å². The Bertz CT molecular complexity index is 7880. The van der Waals surface area contributed by atoms with Gasteiger partial charge >= 0.3 is 0 Å². The maximum absolute atomic E-state index is 6.24. The van der Waals surface area contributed by atoms with Crippen LogP contribution >= 0.6 is 0 Å². The summed E-state index contributed by atoms with van der Waals surface area (Å²) in [6.07, 6.45) is 0.